The third kappa shape index (κ3) is 3.40. The van der Waals surface area contributed by atoms with Crippen LogP contribution < -0.4 is 14.3 Å². The molecule has 1 aromatic carbocycles. The van der Waals surface area contributed by atoms with Crippen LogP contribution in [0.15, 0.2) is 23.1 Å². The van der Waals surface area contributed by atoms with E-state index in [0.717, 1.165) is 0 Å². The second-order valence-corrected chi connectivity index (χ2v) is 5.84. The van der Waals surface area contributed by atoms with Crippen molar-refractivity contribution in [3.8, 4) is 11.5 Å². The normalized spacial score (nSPS) is 16.9. The Balaban J connectivity index is 2.24. The lowest BCUT2D eigenvalue weighted by Gasteiger charge is -2.27. The van der Waals surface area contributed by atoms with Crippen LogP contribution in [-0.4, -0.2) is 53.9 Å². The number of ether oxygens (including phenoxy) is 3. The molecule has 0 radical (unpaired) electrons. The summed E-state index contributed by atoms with van der Waals surface area (Å²) in [6.45, 7) is 2.03. The number of nitrogens with one attached hydrogen (secondary N) is 1. The summed E-state index contributed by atoms with van der Waals surface area (Å²) >= 11 is 0. The summed E-state index contributed by atoms with van der Waals surface area (Å²) in [6.07, 6.45) is 0. The number of rotatable bonds is 5. The molecule has 0 atom stereocenters. The summed E-state index contributed by atoms with van der Waals surface area (Å²) in [4.78, 5) is 2.60. The fraction of sp³-hybridized carbons (Fsp3) is 0.500. The van der Waals surface area contributed by atoms with E-state index in [9.17, 15) is 8.42 Å². The highest BCUT2D eigenvalue weighted by atomic mass is 32.2. The van der Waals surface area contributed by atoms with Crippen molar-refractivity contribution in [2.24, 2.45) is 0 Å². The predicted molar refractivity (Wildman–Crippen MR) is 72.3 cm³/mol. The smallest absolute Gasteiger partial charge is 0.257 e. The third-order valence-electron chi connectivity index (χ3n) is 2.92. The summed E-state index contributed by atoms with van der Waals surface area (Å²) < 4.78 is 40.1. The first-order valence-corrected chi connectivity index (χ1v) is 7.62. The van der Waals surface area contributed by atoms with E-state index < -0.39 is 10.0 Å². The number of sulfonamides is 1. The van der Waals surface area contributed by atoms with Gasteiger partial charge in [-0.3, -0.25) is 0 Å². The summed E-state index contributed by atoms with van der Waals surface area (Å²) in [5.41, 5.74) is 0. The van der Waals surface area contributed by atoms with Crippen LogP contribution in [0.3, 0.4) is 0 Å². The molecule has 0 aliphatic carbocycles. The molecule has 1 aliphatic heterocycles. The van der Waals surface area contributed by atoms with E-state index in [1.807, 2.05) is 0 Å². The zero-order chi connectivity index (χ0) is 14.6. The van der Waals surface area contributed by atoms with Gasteiger partial charge in [0.2, 0.25) is 0 Å². The SMILES string of the molecule is COc1ccc(S(=O)(=O)NN2CCOCC2)c(OC)c1. The molecule has 1 fully saturated rings. The van der Waals surface area contributed by atoms with Crippen molar-refractivity contribution in [1.82, 2.24) is 9.84 Å². The summed E-state index contributed by atoms with van der Waals surface area (Å²) in [7, 11) is -0.760. The van der Waals surface area contributed by atoms with Crippen LogP contribution >= 0.6 is 0 Å². The van der Waals surface area contributed by atoms with Crippen molar-refractivity contribution in [3.63, 3.8) is 0 Å². The van der Waals surface area contributed by atoms with Gasteiger partial charge in [0.05, 0.1) is 27.4 Å². The fourth-order valence-corrected chi connectivity index (χ4v) is 3.15. The van der Waals surface area contributed by atoms with Crippen LogP contribution in [0.4, 0.5) is 0 Å². The van der Waals surface area contributed by atoms with Crippen molar-refractivity contribution in [1.29, 1.82) is 0 Å². The number of nitrogens with zero attached hydrogens (tertiary/aromatic N) is 1. The van der Waals surface area contributed by atoms with Crippen molar-refractivity contribution < 1.29 is 22.6 Å². The van der Waals surface area contributed by atoms with Gasteiger partial charge in [0.15, 0.2) is 0 Å². The Bertz CT molecular complexity index is 555. The predicted octanol–water partition coefficient (Wildman–Crippen LogP) is 0.229. The monoisotopic (exact) mass is 302 g/mol. The molecule has 0 saturated carbocycles. The van der Waals surface area contributed by atoms with Gasteiger partial charge in [0.25, 0.3) is 10.0 Å². The fourth-order valence-electron chi connectivity index (χ4n) is 1.87. The lowest BCUT2D eigenvalue weighted by molar-refractivity contribution is 0.0272. The molecule has 7 nitrogen and oxygen atoms in total. The molecule has 2 rings (SSSR count). The first-order chi connectivity index (χ1) is 9.56. The van der Waals surface area contributed by atoms with Gasteiger partial charge in [0.1, 0.15) is 16.4 Å². The van der Waals surface area contributed by atoms with Crippen molar-refractivity contribution in [3.05, 3.63) is 18.2 Å². The van der Waals surface area contributed by atoms with Gasteiger partial charge in [-0.1, -0.05) is 0 Å². The number of hydrogen-bond donors (Lipinski definition) is 1. The van der Waals surface area contributed by atoms with Crippen LogP contribution in [0.25, 0.3) is 0 Å². The summed E-state index contributed by atoms with van der Waals surface area (Å²) in [6, 6.07) is 4.57. The molecule has 0 spiro atoms. The molecule has 0 aromatic heterocycles. The van der Waals surface area contributed by atoms with Crippen LogP contribution in [-0.2, 0) is 14.8 Å². The molecule has 1 N–H and O–H groups in total. The first-order valence-electron chi connectivity index (χ1n) is 6.14. The number of hydrogen-bond acceptors (Lipinski definition) is 6. The largest absolute Gasteiger partial charge is 0.497 e. The zero-order valence-electron chi connectivity index (χ0n) is 11.5. The van der Waals surface area contributed by atoms with Gasteiger partial charge in [-0.25, -0.2) is 13.4 Å². The number of morpholine rings is 1. The number of benzene rings is 1. The van der Waals surface area contributed by atoms with E-state index in [4.69, 9.17) is 14.2 Å². The Kier molecular flexibility index (Phi) is 4.81. The summed E-state index contributed by atoms with van der Waals surface area (Å²) in [5.74, 6) is 0.775. The van der Waals surface area contributed by atoms with Crippen molar-refractivity contribution >= 4 is 10.0 Å². The van der Waals surface area contributed by atoms with E-state index in [2.05, 4.69) is 4.83 Å². The molecular weight excluding hydrogens is 284 g/mol. The minimum absolute atomic E-state index is 0.0762. The van der Waals surface area contributed by atoms with E-state index >= 15 is 0 Å². The standard InChI is InChI=1S/C12H18N2O5S/c1-17-10-3-4-12(11(9-10)18-2)20(15,16)13-14-5-7-19-8-6-14/h3-4,9,13H,5-8H2,1-2H3. The van der Waals surface area contributed by atoms with Gasteiger partial charge < -0.3 is 14.2 Å². The average Bonchev–Trinajstić information content (AvgIpc) is 2.47. The Morgan fingerprint density at radius 3 is 2.50 bits per heavy atom. The Hall–Kier alpha value is -1.35. The molecule has 0 bridgehead atoms. The maximum atomic E-state index is 12.4. The third-order valence-corrected chi connectivity index (χ3v) is 4.34. The number of hydrazine groups is 1. The molecule has 0 amide bonds. The highest BCUT2D eigenvalue weighted by molar-refractivity contribution is 7.89. The molecule has 1 aromatic rings. The molecule has 1 aliphatic rings. The molecule has 8 heteroatoms. The lowest BCUT2D eigenvalue weighted by atomic mass is 10.3. The maximum absolute atomic E-state index is 12.4. The van der Waals surface area contributed by atoms with Crippen LogP contribution in [0, 0.1) is 0 Å². The molecule has 112 valence electrons. The second kappa shape index (κ2) is 6.40. The molecule has 0 unspecified atom stereocenters. The van der Waals surface area contributed by atoms with E-state index in [1.165, 1.54) is 26.4 Å². The lowest BCUT2D eigenvalue weighted by Crippen LogP contribution is -2.48. The average molecular weight is 302 g/mol. The Morgan fingerprint density at radius 1 is 1.20 bits per heavy atom. The van der Waals surface area contributed by atoms with Gasteiger partial charge in [-0.2, -0.15) is 0 Å². The highest BCUT2D eigenvalue weighted by Gasteiger charge is 2.23. The van der Waals surface area contributed by atoms with Crippen molar-refractivity contribution in [2.45, 2.75) is 4.90 Å². The summed E-state index contributed by atoms with van der Waals surface area (Å²) in [5, 5.41) is 1.61. The van der Waals surface area contributed by atoms with E-state index in [-0.39, 0.29) is 10.6 Å². The maximum Gasteiger partial charge on any atom is 0.257 e. The molecule has 1 saturated heterocycles. The van der Waals surface area contributed by atoms with Crippen LogP contribution in [0.5, 0.6) is 11.5 Å². The molecule has 1 heterocycles. The first kappa shape index (κ1) is 15.0. The van der Waals surface area contributed by atoms with Crippen molar-refractivity contribution in [2.75, 3.05) is 40.5 Å². The van der Waals surface area contributed by atoms with Gasteiger partial charge in [-0.05, 0) is 12.1 Å². The molecular formula is C12H18N2O5S. The minimum Gasteiger partial charge on any atom is -0.497 e. The second-order valence-electron chi connectivity index (χ2n) is 4.21. The Morgan fingerprint density at radius 2 is 1.90 bits per heavy atom. The highest BCUT2D eigenvalue weighted by Crippen LogP contribution is 2.28. The number of methoxy groups -OCH3 is 2. The minimum atomic E-state index is -3.69. The van der Waals surface area contributed by atoms with Gasteiger partial charge in [0, 0.05) is 19.2 Å². The van der Waals surface area contributed by atoms with E-state index in [0.29, 0.717) is 32.1 Å². The van der Waals surface area contributed by atoms with Gasteiger partial charge >= 0.3 is 0 Å². The quantitative estimate of drug-likeness (QED) is 0.839. The van der Waals surface area contributed by atoms with E-state index in [1.54, 1.807) is 11.1 Å². The molecule has 20 heavy (non-hydrogen) atoms. The van der Waals surface area contributed by atoms with Crippen LogP contribution in [0.1, 0.15) is 0 Å². The van der Waals surface area contributed by atoms with Gasteiger partial charge in [-0.15, -0.1) is 4.83 Å². The topological polar surface area (TPSA) is 77.1 Å². The Labute approximate surface area is 118 Å². The zero-order valence-corrected chi connectivity index (χ0v) is 12.3. The van der Waals surface area contributed by atoms with Crippen LogP contribution in [0.2, 0.25) is 0 Å².